The Balaban J connectivity index is 2.74. The third-order valence-electron chi connectivity index (χ3n) is 2.82. The number of benzene rings is 1. The van der Waals surface area contributed by atoms with Crippen molar-refractivity contribution in [3.8, 4) is 12.3 Å². The van der Waals surface area contributed by atoms with Gasteiger partial charge in [0.2, 0.25) is 0 Å². The van der Waals surface area contributed by atoms with Gasteiger partial charge in [-0.05, 0) is 26.0 Å². The maximum Gasteiger partial charge on any atom is 0.281 e. The predicted octanol–water partition coefficient (Wildman–Crippen LogP) is 3.11. The first kappa shape index (κ1) is 13.7. The summed E-state index contributed by atoms with van der Waals surface area (Å²) in [6.07, 6.45) is 6.81. The summed E-state index contributed by atoms with van der Waals surface area (Å²) in [5.74, 6) is 1.72. The van der Waals surface area contributed by atoms with Crippen LogP contribution in [0.1, 0.15) is 13.8 Å². The van der Waals surface area contributed by atoms with Gasteiger partial charge in [0, 0.05) is 6.20 Å². The summed E-state index contributed by atoms with van der Waals surface area (Å²) >= 11 is 0. The van der Waals surface area contributed by atoms with E-state index in [0.717, 1.165) is 6.07 Å². The molecule has 0 saturated heterocycles. The van der Waals surface area contributed by atoms with Crippen molar-refractivity contribution in [2.75, 3.05) is 5.32 Å². The van der Waals surface area contributed by atoms with Crippen LogP contribution in [0.5, 0.6) is 0 Å². The monoisotopic (exact) mass is 273 g/mol. The van der Waals surface area contributed by atoms with Gasteiger partial charge in [0.15, 0.2) is 5.82 Å². The number of aromatic nitrogens is 1. The molecule has 0 fully saturated rings. The number of fused-ring (bicyclic) bond motifs is 1. The summed E-state index contributed by atoms with van der Waals surface area (Å²) in [4.78, 5) is 14.4. The van der Waals surface area contributed by atoms with E-state index in [0.29, 0.717) is 0 Å². The van der Waals surface area contributed by atoms with E-state index < -0.39 is 16.3 Å². The van der Waals surface area contributed by atoms with Gasteiger partial charge in [0.05, 0.1) is 27.6 Å². The Morgan fingerprint density at radius 3 is 2.85 bits per heavy atom. The standard InChI is InChI=1S/C14H12FN3O2/c1-4-14(2,3)17-13-10(15)8-11(18(19)20)9-6-5-7-16-12(9)13/h1,5-8,17H,2-3H3. The number of nitrogens with one attached hydrogen (secondary N) is 1. The van der Waals surface area contributed by atoms with E-state index in [4.69, 9.17) is 6.42 Å². The Morgan fingerprint density at radius 1 is 1.55 bits per heavy atom. The Labute approximate surface area is 115 Å². The minimum Gasteiger partial charge on any atom is -0.365 e. The first-order valence-corrected chi connectivity index (χ1v) is 5.83. The van der Waals surface area contributed by atoms with Gasteiger partial charge in [-0.2, -0.15) is 0 Å². The molecule has 0 bridgehead atoms. The number of non-ortho nitro benzene ring substituents is 1. The molecule has 2 aromatic rings. The highest BCUT2D eigenvalue weighted by atomic mass is 19.1. The van der Waals surface area contributed by atoms with E-state index in [1.54, 1.807) is 19.9 Å². The molecule has 0 radical (unpaired) electrons. The second kappa shape index (κ2) is 4.78. The zero-order chi connectivity index (χ0) is 14.9. The van der Waals surface area contributed by atoms with Crippen LogP contribution in [0.2, 0.25) is 0 Å². The summed E-state index contributed by atoms with van der Waals surface area (Å²) in [5.41, 5.74) is -0.882. The number of nitro groups is 1. The molecule has 1 N–H and O–H groups in total. The highest BCUT2D eigenvalue weighted by Crippen LogP contribution is 2.33. The van der Waals surface area contributed by atoms with E-state index in [2.05, 4.69) is 16.2 Å². The number of anilines is 1. The largest absolute Gasteiger partial charge is 0.365 e. The minimum absolute atomic E-state index is 0.0640. The zero-order valence-corrected chi connectivity index (χ0v) is 11.0. The van der Waals surface area contributed by atoms with Crippen molar-refractivity contribution in [1.29, 1.82) is 0 Å². The molecule has 20 heavy (non-hydrogen) atoms. The molecule has 6 heteroatoms. The maximum atomic E-state index is 14.1. The quantitative estimate of drug-likeness (QED) is 0.530. The molecular weight excluding hydrogens is 261 g/mol. The molecule has 0 aliphatic heterocycles. The molecule has 0 saturated carbocycles. The molecule has 1 aromatic carbocycles. The van der Waals surface area contributed by atoms with Crippen molar-refractivity contribution in [1.82, 2.24) is 4.98 Å². The lowest BCUT2D eigenvalue weighted by Gasteiger charge is -2.22. The molecule has 1 heterocycles. The van der Waals surface area contributed by atoms with E-state index >= 15 is 0 Å². The van der Waals surface area contributed by atoms with Gasteiger partial charge in [-0.25, -0.2) is 4.39 Å². The van der Waals surface area contributed by atoms with E-state index in [1.165, 1.54) is 12.3 Å². The fourth-order valence-corrected chi connectivity index (χ4v) is 1.81. The Hall–Kier alpha value is -2.68. The molecule has 5 nitrogen and oxygen atoms in total. The number of terminal acetylenes is 1. The fraction of sp³-hybridized carbons (Fsp3) is 0.214. The highest BCUT2D eigenvalue weighted by molar-refractivity contribution is 5.97. The zero-order valence-electron chi connectivity index (χ0n) is 11.0. The lowest BCUT2D eigenvalue weighted by atomic mass is 10.0. The van der Waals surface area contributed by atoms with E-state index in [1.807, 2.05) is 0 Å². The molecule has 2 rings (SSSR count). The molecule has 102 valence electrons. The van der Waals surface area contributed by atoms with Gasteiger partial charge in [0.25, 0.3) is 5.69 Å². The average molecular weight is 273 g/mol. The van der Waals surface area contributed by atoms with Crippen LogP contribution in [0, 0.1) is 28.3 Å². The third-order valence-corrected chi connectivity index (χ3v) is 2.82. The van der Waals surface area contributed by atoms with Crippen molar-refractivity contribution in [2.45, 2.75) is 19.4 Å². The SMILES string of the molecule is C#CC(C)(C)Nc1c(F)cc([N+](=O)[O-])c2cccnc12. The van der Waals surface area contributed by atoms with Crippen LogP contribution in [0.25, 0.3) is 10.9 Å². The normalized spacial score (nSPS) is 11.1. The van der Waals surface area contributed by atoms with Crippen molar-refractivity contribution >= 4 is 22.3 Å². The number of nitro benzene ring substituents is 1. The molecular formula is C14H12FN3O2. The summed E-state index contributed by atoms with van der Waals surface area (Å²) in [7, 11) is 0. The van der Waals surface area contributed by atoms with Gasteiger partial charge in [-0.15, -0.1) is 6.42 Å². The van der Waals surface area contributed by atoms with E-state index in [9.17, 15) is 14.5 Å². The summed E-state index contributed by atoms with van der Waals surface area (Å²) in [5, 5.41) is 14.1. The molecule has 0 spiro atoms. The fourth-order valence-electron chi connectivity index (χ4n) is 1.81. The number of pyridine rings is 1. The van der Waals surface area contributed by atoms with Crippen LogP contribution in [-0.4, -0.2) is 15.4 Å². The van der Waals surface area contributed by atoms with Crippen molar-refractivity contribution in [2.24, 2.45) is 0 Å². The first-order valence-electron chi connectivity index (χ1n) is 5.83. The molecule has 0 amide bonds. The Morgan fingerprint density at radius 2 is 2.25 bits per heavy atom. The van der Waals surface area contributed by atoms with Gasteiger partial charge in [-0.1, -0.05) is 5.92 Å². The second-order valence-electron chi connectivity index (χ2n) is 4.80. The number of rotatable bonds is 3. The van der Waals surface area contributed by atoms with Crippen molar-refractivity contribution < 1.29 is 9.31 Å². The van der Waals surface area contributed by atoms with Crippen LogP contribution >= 0.6 is 0 Å². The maximum absolute atomic E-state index is 14.1. The van der Waals surface area contributed by atoms with Crippen LogP contribution in [0.4, 0.5) is 15.8 Å². The molecule has 1 aromatic heterocycles. The summed E-state index contributed by atoms with van der Waals surface area (Å²) < 4.78 is 14.1. The van der Waals surface area contributed by atoms with Gasteiger partial charge >= 0.3 is 0 Å². The summed E-state index contributed by atoms with van der Waals surface area (Å²) in [6.45, 7) is 3.39. The minimum atomic E-state index is -0.804. The molecule has 0 unspecified atom stereocenters. The highest BCUT2D eigenvalue weighted by Gasteiger charge is 2.23. The van der Waals surface area contributed by atoms with Crippen molar-refractivity contribution in [3.05, 3.63) is 40.3 Å². The number of nitrogens with zero attached hydrogens (tertiary/aromatic N) is 2. The first-order chi connectivity index (χ1) is 9.35. The van der Waals surface area contributed by atoms with Gasteiger partial charge in [0.1, 0.15) is 5.52 Å². The van der Waals surface area contributed by atoms with Crippen LogP contribution in [0.15, 0.2) is 24.4 Å². The molecule has 0 atom stereocenters. The number of hydrogen-bond donors (Lipinski definition) is 1. The Bertz CT molecular complexity index is 735. The molecule has 0 aliphatic rings. The Kier molecular flexibility index (Phi) is 3.28. The lowest BCUT2D eigenvalue weighted by Crippen LogP contribution is -2.29. The van der Waals surface area contributed by atoms with Crippen LogP contribution < -0.4 is 5.32 Å². The second-order valence-corrected chi connectivity index (χ2v) is 4.80. The predicted molar refractivity (Wildman–Crippen MR) is 74.9 cm³/mol. The van der Waals surface area contributed by atoms with Gasteiger partial charge < -0.3 is 5.32 Å². The van der Waals surface area contributed by atoms with Crippen LogP contribution in [-0.2, 0) is 0 Å². The van der Waals surface area contributed by atoms with Crippen molar-refractivity contribution in [3.63, 3.8) is 0 Å². The summed E-state index contributed by atoms with van der Waals surface area (Å²) in [6, 6.07) is 3.95. The van der Waals surface area contributed by atoms with Gasteiger partial charge in [-0.3, -0.25) is 15.1 Å². The van der Waals surface area contributed by atoms with E-state index in [-0.39, 0.29) is 22.3 Å². The van der Waals surface area contributed by atoms with Crippen LogP contribution in [0.3, 0.4) is 0 Å². The number of hydrogen-bond acceptors (Lipinski definition) is 4. The topological polar surface area (TPSA) is 68.1 Å². The third kappa shape index (κ3) is 2.38. The lowest BCUT2D eigenvalue weighted by molar-refractivity contribution is -0.383. The average Bonchev–Trinajstić information content (AvgIpc) is 2.41. The number of halogens is 1. The molecule has 0 aliphatic carbocycles. The smallest absolute Gasteiger partial charge is 0.281 e.